The van der Waals surface area contributed by atoms with Crippen molar-refractivity contribution in [3.05, 3.63) is 83.1 Å². The zero-order valence-electron chi connectivity index (χ0n) is 15.1. The molecule has 1 amide bonds. The molecule has 0 aliphatic rings. The Morgan fingerprint density at radius 1 is 1.18 bits per heavy atom. The highest BCUT2D eigenvalue weighted by Crippen LogP contribution is 2.27. The van der Waals surface area contributed by atoms with Crippen molar-refractivity contribution in [3.8, 4) is 21.7 Å². The first kappa shape index (κ1) is 18.1. The first-order valence-corrected chi connectivity index (χ1v) is 9.51. The van der Waals surface area contributed by atoms with Crippen molar-refractivity contribution in [1.29, 1.82) is 0 Å². The molecule has 0 unspecified atom stereocenters. The van der Waals surface area contributed by atoms with E-state index in [2.05, 4.69) is 20.3 Å². The Balaban J connectivity index is 1.44. The molecule has 3 heterocycles. The average Bonchev–Trinajstić information content (AvgIpc) is 3.35. The van der Waals surface area contributed by atoms with Crippen molar-refractivity contribution in [2.45, 2.75) is 13.5 Å². The van der Waals surface area contributed by atoms with E-state index in [9.17, 15) is 9.18 Å². The number of carbonyl (C=O) groups excluding carboxylic acids is 1. The van der Waals surface area contributed by atoms with Gasteiger partial charge >= 0.3 is 0 Å². The number of amides is 1. The number of aromatic nitrogens is 3. The summed E-state index contributed by atoms with van der Waals surface area (Å²) in [5.41, 5.74) is 3.98. The highest BCUT2D eigenvalue weighted by molar-refractivity contribution is 7.15. The minimum absolute atomic E-state index is 0.205. The van der Waals surface area contributed by atoms with Gasteiger partial charge in [-0.3, -0.25) is 9.78 Å². The molecule has 140 valence electrons. The predicted molar refractivity (Wildman–Crippen MR) is 107 cm³/mol. The Labute approximate surface area is 165 Å². The smallest absolute Gasteiger partial charge is 0.268 e. The van der Waals surface area contributed by atoms with Gasteiger partial charge in [-0.1, -0.05) is 12.1 Å². The van der Waals surface area contributed by atoms with Crippen LogP contribution in [0.15, 0.2) is 61.1 Å². The van der Waals surface area contributed by atoms with Gasteiger partial charge in [0.25, 0.3) is 5.91 Å². The van der Waals surface area contributed by atoms with Crippen LogP contribution in [0.4, 0.5) is 4.39 Å². The number of aromatic amines is 1. The van der Waals surface area contributed by atoms with E-state index in [1.54, 1.807) is 48.1 Å². The second-order valence-corrected chi connectivity index (χ2v) is 7.34. The summed E-state index contributed by atoms with van der Waals surface area (Å²) in [5.74, 6) is -0.494. The molecule has 0 aliphatic heterocycles. The molecular weight excluding hydrogens is 375 g/mol. The number of benzene rings is 1. The van der Waals surface area contributed by atoms with Crippen molar-refractivity contribution in [2.75, 3.05) is 0 Å². The van der Waals surface area contributed by atoms with Crippen molar-refractivity contribution < 1.29 is 9.18 Å². The van der Waals surface area contributed by atoms with E-state index in [-0.39, 0.29) is 11.7 Å². The van der Waals surface area contributed by atoms with Crippen LogP contribution >= 0.6 is 11.3 Å². The molecule has 0 aliphatic carbocycles. The zero-order valence-corrected chi connectivity index (χ0v) is 15.9. The molecule has 0 saturated heterocycles. The number of pyridine rings is 1. The first-order valence-electron chi connectivity index (χ1n) is 8.69. The van der Waals surface area contributed by atoms with Crippen LogP contribution in [0.5, 0.6) is 0 Å². The topological polar surface area (TPSA) is 70.7 Å². The summed E-state index contributed by atoms with van der Waals surface area (Å²) in [7, 11) is 0. The lowest BCUT2D eigenvalue weighted by Crippen LogP contribution is -2.22. The number of rotatable bonds is 5. The standard InChI is InChI=1S/C21H17FN4OS/c1-13-19(28-21(26-13)15-3-2-8-23-10-15)12-25-20(27)18-9-16(11-24-18)14-4-6-17(22)7-5-14/h2-11,24H,12H2,1H3,(H,25,27). The van der Waals surface area contributed by atoms with Crippen LogP contribution in [-0.4, -0.2) is 20.9 Å². The van der Waals surface area contributed by atoms with Gasteiger partial charge in [-0.15, -0.1) is 11.3 Å². The summed E-state index contributed by atoms with van der Waals surface area (Å²) in [6.45, 7) is 2.33. The van der Waals surface area contributed by atoms with Crippen LogP contribution in [0, 0.1) is 12.7 Å². The molecule has 28 heavy (non-hydrogen) atoms. The first-order chi connectivity index (χ1) is 13.6. The lowest BCUT2D eigenvalue weighted by atomic mass is 10.1. The van der Waals surface area contributed by atoms with E-state index in [0.29, 0.717) is 12.2 Å². The maximum absolute atomic E-state index is 13.1. The fourth-order valence-electron chi connectivity index (χ4n) is 2.80. The molecular formula is C21H17FN4OS. The second-order valence-electron chi connectivity index (χ2n) is 6.26. The molecule has 4 aromatic rings. The van der Waals surface area contributed by atoms with E-state index in [4.69, 9.17) is 0 Å². The second kappa shape index (κ2) is 7.74. The molecule has 0 saturated carbocycles. The molecule has 1 aromatic carbocycles. The van der Waals surface area contributed by atoms with Gasteiger partial charge in [0.2, 0.25) is 0 Å². The third-order valence-corrected chi connectivity index (χ3v) is 5.52. The number of halogens is 1. The monoisotopic (exact) mass is 392 g/mol. The van der Waals surface area contributed by atoms with Crippen LogP contribution in [0.3, 0.4) is 0 Å². The van der Waals surface area contributed by atoms with E-state index < -0.39 is 0 Å². The molecule has 0 bridgehead atoms. The van der Waals surface area contributed by atoms with Gasteiger partial charge in [-0.25, -0.2) is 9.37 Å². The number of hydrogen-bond donors (Lipinski definition) is 2. The lowest BCUT2D eigenvalue weighted by molar-refractivity contribution is 0.0947. The van der Waals surface area contributed by atoms with Crippen molar-refractivity contribution in [1.82, 2.24) is 20.3 Å². The van der Waals surface area contributed by atoms with E-state index in [1.165, 1.54) is 12.1 Å². The quantitative estimate of drug-likeness (QED) is 0.522. The molecule has 0 fully saturated rings. The molecule has 7 heteroatoms. The fourth-order valence-corrected chi connectivity index (χ4v) is 3.79. The molecule has 0 atom stereocenters. The molecule has 4 rings (SSSR count). The Hall–Kier alpha value is -3.32. The van der Waals surface area contributed by atoms with Gasteiger partial charge < -0.3 is 10.3 Å². The molecule has 3 aromatic heterocycles. The highest BCUT2D eigenvalue weighted by Gasteiger charge is 2.13. The third kappa shape index (κ3) is 3.84. The summed E-state index contributed by atoms with van der Waals surface area (Å²) in [6.07, 6.45) is 5.23. The van der Waals surface area contributed by atoms with Crippen LogP contribution in [0.25, 0.3) is 21.7 Å². The van der Waals surface area contributed by atoms with E-state index in [0.717, 1.165) is 32.3 Å². The van der Waals surface area contributed by atoms with Gasteiger partial charge in [0.1, 0.15) is 16.5 Å². The highest BCUT2D eigenvalue weighted by atomic mass is 32.1. The van der Waals surface area contributed by atoms with Crippen LogP contribution in [-0.2, 0) is 6.54 Å². The minimum Gasteiger partial charge on any atom is -0.357 e. The van der Waals surface area contributed by atoms with Crippen LogP contribution in [0.2, 0.25) is 0 Å². The van der Waals surface area contributed by atoms with Crippen molar-refractivity contribution >= 4 is 17.2 Å². The van der Waals surface area contributed by atoms with Crippen molar-refractivity contribution in [2.24, 2.45) is 0 Å². The van der Waals surface area contributed by atoms with E-state index >= 15 is 0 Å². The number of nitrogens with zero attached hydrogens (tertiary/aromatic N) is 2. The third-order valence-electron chi connectivity index (χ3n) is 4.32. The number of H-pyrrole nitrogens is 1. The normalized spacial score (nSPS) is 10.8. The zero-order chi connectivity index (χ0) is 19.5. The minimum atomic E-state index is -0.289. The maximum atomic E-state index is 13.1. The fraction of sp³-hybridized carbons (Fsp3) is 0.0952. The summed E-state index contributed by atoms with van der Waals surface area (Å²) in [4.78, 5) is 25.1. The number of carbonyl (C=O) groups is 1. The molecule has 0 spiro atoms. The van der Waals surface area contributed by atoms with Gasteiger partial charge in [0.05, 0.1) is 12.2 Å². The number of hydrogen-bond acceptors (Lipinski definition) is 4. The Morgan fingerprint density at radius 3 is 2.75 bits per heavy atom. The Kier molecular flexibility index (Phi) is 4.99. The SMILES string of the molecule is Cc1nc(-c2cccnc2)sc1CNC(=O)c1cc(-c2ccc(F)cc2)c[nH]1. The summed E-state index contributed by atoms with van der Waals surface area (Å²) in [5, 5.41) is 3.80. The molecule has 0 radical (unpaired) electrons. The summed E-state index contributed by atoms with van der Waals surface area (Å²) in [6, 6.07) is 11.7. The molecule has 2 N–H and O–H groups in total. The van der Waals surface area contributed by atoms with Gasteiger partial charge in [-0.05, 0) is 48.4 Å². The number of nitrogens with one attached hydrogen (secondary N) is 2. The molecule has 5 nitrogen and oxygen atoms in total. The summed E-state index contributed by atoms with van der Waals surface area (Å²) >= 11 is 1.54. The number of thiazole rings is 1. The maximum Gasteiger partial charge on any atom is 0.268 e. The Morgan fingerprint density at radius 2 is 2.00 bits per heavy atom. The number of aryl methyl sites for hydroxylation is 1. The lowest BCUT2D eigenvalue weighted by Gasteiger charge is -2.02. The largest absolute Gasteiger partial charge is 0.357 e. The van der Waals surface area contributed by atoms with E-state index in [1.807, 2.05) is 19.1 Å². The average molecular weight is 392 g/mol. The van der Waals surface area contributed by atoms with Gasteiger partial charge in [0, 0.05) is 29.0 Å². The summed E-state index contributed by atoms with van der Waals surface area (Å²) < 4.78 is 13.1. The van der Waals surface area contributed by atoms with Crippen molar-refractivity contribution in [3.63, 3.8) is 0 Å². The van der Waals surface area contributed by atoms with Crippen LogP contribution < -0.4 is 5.32 Å². The Bertz CT molecular complexity index is 1100. The van der Waals surface area contributed by atoms with Gasteiger partial charge in [0.15, 0.2) is 0 Å². The predicted octanol–water partition coefficient (Wildman–Crippen LogP) is 4.58. The van der Waals surface area contributed by atoms with Crippen LogP contribution in [0.1, 0.15) is 21.1 Å². The van der Waals surface area contributed by atoms with Gasteiger partial charge in [-0.2, -0.15) is 0 Å².